The van der Waals surface area contributed by atoms with Gasteiger partial charge in [-0.2, -0.15) is 0 Å². The molecule has 3 unspecified atom stereocenters. The molecular weight excluding hydrogens is 534 g/mol. The molecule has 212 valence electrons. The normalized spacial score (nSPS) is 28.9. The number of likely N-dealkylation sites (N-methyl/N-ethyl adjacent to an activating group) is 1. The topological polar surface area (TPSA) is 81.2 Å². The van der Waals surface area contributed by atoms with Crippen LogP contribution in [0.4, 0.5) is 5.69 Å². The molecular formula is C30H40ClN3O4S. The molecule has 0 aliphatic carbocycles. The smallest absolute Gasteiger partial charge is 0.251 e. The van der Waals surface area contributed by atoms with Gasteiger partial charge in [0.1, 0.15) is 6.04 Å². The Morgan fingerprint density at radius 2 is 1.85 bits per heavy atom. The summed E-state index contributed by atoms with van der Waals surface area (Å²) in [6, 6.07) is 6.52. The summed E-state index contributed by atoms with van der Waals surface area (Å²) in [4.78, 5) is 47.7. The van der Waals surface area contributed by atoms with E-state index < -0.39 is 22.6 Å². The molecule has 4 rings (SSSR count). The standard InChI is InChI=1S/C30H40ClN3O4S/c1-5-15-32(4)27(36)24-23-19-20(3)30(39-23)25(24)28(37)34(17-11-7-8-12-18-35)26(30)29(38)33(16-6-2)22-14-10-9-13-21(22)31/h5-6,9-10,13-14,20,23-26,35H,1-2,7-8,11-12,15-19H2,3-4H3/t20?,23-,24+,25+,26?,30?/m1/s1. The van der Waals surface area contributed by atoms with Gasteiger partial charge in [-0.15, -0.1) is 24.9 Å². The molecule has 3 fully saturated rings. The predicted molar refractivity (Wildman–Crippen MR) is 158 cm³/mol. The molecule has 3 aliphatic rings. The fourth-order valence-electron chi connectivity index (χ4n) is 6.86. The Balaban J connectivity index is 1.76. The molecule has 7 nitrogen and oxygen atoms in total. The van der Waals surface area contributed by atoms with Gasteiger partial charge in [-0.3, -0.25) is 14.4 Å². The maximum atomic E-state index is 14.6. The van der Waals surface area contributed by atoms with Crippen LogP contribution in [0.25, 0.3) is 0 Å². The number of unbranched alkanes of at least 4 members (excludes halogenated alkanes) is 3. The van der Waals surface area contributed by atoms with Crippen LogP contribution in [-0.2, 0) is 14.4 Å². The molecule has 6 atom stereocenters. The lowest BCUT2D eigenvalue weighted by Crippen LogP contribution is -2.57. The molecule has 3 heterocycles. The Bertz CT molecular complexity index is 1120. The van der Waals surface area contributed by atoms with E-state index in [1.807, 2.05) is 18.2 Å². The van der Waals surface area contributed by atoms with Crippen molar-refractivity contribution in [2.45, 2.75) is 55.1 Å². The number of carbonyl (C=O) groups excluding carboxylic acids is 3. The lowest BCUT2D eigenvalue weighted by molar-refractivity contribution is -0.143. The number of hydrogen-bond acceptors (Lipinski definition) is 5. The zero-order valence-electron chi connectivity index (χ0n) is 22.9. The van der Waals surface area contributed by atoms with E-state index in [-0.39, 0.29) is 42.0 Å². The van der Waals surface area contributed by atoms with Gasteiger partial charge in [0.05, 0.1) is 27.3 Å². The van der Waals surface area contributed by atoms with Gasteiger partial charge in [0.2, 0.25) is 11.8 Å². The zero-order valence-corrected chi connectivity index (χ0v) is 24.5. The molecule has 0 aromatic heterocycles. The van der Waals surface area contributed by atoms with Gasteiger partial charge in [-0.1, -0.05) is 55.7 Å². The van der Waals surface area contributed by atoms with Crippen molar-refractivity contribution in [3.8, 4) is 0 Å². The van der Waals surface area contributed by atoms with Crippen LogP contribution in [-0.4, -0.2) is 82.0 Å². The predicted octanol–water partition coefficient (Wildman–Crippen LogP) is 4.39. The Kier molecular flexibility index (Phi) is 9.50. The highest BCUT2D eigenvalue weighted by Gasteiger charge is 2.76. The Hall–Kier alpha value is -2.29. The summed E-state index contributed by atoms with van der Waals surface area (Å²) in [5.74, 6) is -1.27. The Morgan fingerprint density at radius 1 is 1.15 bits per heavy atom. The molecule has 39 heavy (non-hydrogen) atoms. The minimum atomic E-state index is -0.712. The third kappa shape index (κ3) is 5.16. The summed E-state index contributed by atoms with van der Waals surface area (Å²) in [5, 5.41) is 9.62. The quantitative estimate of drug-likeness (QED) is 0.280. The second-order valence-electron chi connectivity index (χ2n) is 10.9. The molecule has 1 aromatic rings. The number of amides is 3. The molecule has 3 aliphatic heterocycles. The monoisotopic (exact) mass is 573 g/mol. The molecule has 3 amide bonds. The van der Waals surface area contributed by atoms with Crippen molar-refractivity contribution in [2.24, 2.45) is 17.8 Å². The minimum Gasteiger partial charge on any atom is -0.396 e. The van der Waals surface area contributed by atoms with Crippen molar-refractivity contribution >= 4 is 46.8 Å². The van der Waals surface area contributed by atoms with Crippen molar-refractivity contribution in [3.05, 3.63) is 54.6 Å². The number of para-hydroxylation sites is 1. The van der Waals surface area contributed by atoms with Gasteiger partial charge in [0, 0.05) is 38.5 Å². The maximum absolute atomic E-state index is 14.6. The van der Waals surface area contributed by atoms with E-state index in [0.717, 1.165) is 25.7 Å². The number of aliphatic hydroxyl groups is 1. The molecule has 3 saturated heterocycles. The van der Waals surface area contributed by atoms with E-state index in [4.69, 9.17) is 11.6 Å². The van der Waals surface area contributed by atoms with E-state index in [1.54, 1.807) is 51.7 Å². The van der Waals surface area contributed by atoms with Crippen molar-refractivity contribution in [2.75, 3.05) is 38.2 Å². The van der Waals surface area contributed by atoms with Crippen molar-refractivity contribution in [1.82, 2.24) is 9.80 Å². The molecule has 1 spiro atoms. The van der Waals surface area contributed by atoms with Crippen LogP contribution in [0.2, 0.25) is 5.02 Å². The Labute approximate surface area is 241 Å². The number of benzene rings is 1. The van der Waals surface area contributed by atoms with E-state index in [1.165, 1.54) is 0 Å². The lowest BCUT2D eigenvalue weighted by Gasteiger charge is -2.41. The molecule has 1 N–H and O–H groups in total. The lowest BCUT2D eigenvalue weighted by atomic mass is 9.65. The third-order valence-electron chi connectivity index (χ3n) is 8.57. The average molecular weight is 574 g/mol. The van der Waals surface area contributed by atoms with Gasteiger partial charge in [0.15, 0.2) is 0 Å². The first-order valence-corrected chi connectivity index (χ1v) is 15.1. The van der Waals surface area contributed by atoms with Crippen LogP contribution in [0, 0.1) is 17.8 Å². The van der Waals surface area contributed by atoms with E-state index in [0.29, 0.717) is 30.2 Å². The number of fused-ring (bicyclic) bond motifs is 1. The summed E-state index contributed by atoms with van der Waals surface area (Å²) >= 11 is 8.24. The van der Waals surface area contributed by atoms with Crippen molar-refractivity contribution in [3.63, 3.8) is 0 Å². The first-order valence-electron chi connectivity index (χ1n) is 13.9. The van der Waals surface area contributed by atoms with Gasteiger partial charge in [0.25, 0.3) is 5.91 Å². The summed E-state index contributed by atoms with van der Waals surface area (Å²) in [5.41, 5.74) is 0.586. The fraction of sp³-hybridized carbons (Fsp3) is 0.567. The highest BCUT2D eigenvalue weighted by Crippen LogP contribution is 2.69. The second-order valence-corrected chi connectivity index (χ2v) is 12.9. The van der Waals surface area contributed by atoms with Gasteiger partial charge in [-0.05, 0) is 37.3 Å². The molecule has 2 bridgehead atoms. The second kappa shape index (κ2) is 12.5. The Morgan fingerprint density at radius 3 is 2.51 bits per heavy atom. The van der Waals surface area contributed by atoms with Crippen LogP contribution in [0.15, 0.2) is 49.6 Å². The first-order chi connectivity index (χ1) is 18.7. The third-order valence-corrected chi connectivity index (χ3v) is 11.0. The number of rotatable bonds is 13. The van der Waals surface area contributed by atoms with Gasteiger partial charge >= 0.3 is 0 Å². The number of aliphatic hydroxyl groups excluding tert-OH is 1. The highest BCUT2D eigenvalue weighted by molar-refractivity contribution is 8.02. The fourth-order valence-corrected chi connectivity index (χ4v) is 9.51. The number of likely N-dealkylation sites (tertiary alicyclic amines) is 1. The number of thioether (sulfide) groups is 1. The average Bonchev–Trinajstić information content (AvgIpc) is 3.50. The van der Waals surface area contributed by atoms with Crippen LogP contribution in [0.1, 0.15) is 39.0 Å². The number of hydrogen-bond donors (Lipinski definition) is 1. The summed E-state index contributed by atoms with van der Waals surface area (Å²) in [7, 11) is 1.75. The van der Waals surface area contributed by atoms with E-state index >= 15 is 0 Å². The zero-order chi connectivity index (χ0) is 28.3. The van der Waals surface area contributed by atoms with E-state index in [2.05, 4.69) is 20.1 Å². The molecule has 1 aromatic carbocycles. The number of halogens is 1. The number of nitrogens with zero attached hydrogens (tertiary/aromatic N) is 3. The van der Waals surface area contributed by atoms with Crippen LogP contribution in [0.5, 0.6) is 0 Å². The van der Waals surface area contributed by atoms with Gasteiger partial charge < -0.3 is 19.8 Å². The largest absolute Gasteiger partial charge is 0.396 e. The summed E-state index contributed by atoms with van der Waals surface area (Å²) < 4.78 is -0.694. The number of carbonyl (C=O) groups is 3. The first kappa shape index (κ1) is 29.7. The van der Waals surface area contributed by atoms with Crippen LogP contribution in [0.3, 0.4) is 0 Å². The van der Waals surface area contributed by atoms with Crippen molar-refractivity contribution < 1.29 is 19.5 Å². The summed E-state index contributed by atoms with van der Waals surface area (Å²) in [6.07, 6.45) is 7.29. The minimum absolute atomic E-state index is 0.0103. The summed E-state index contributed by atoms with van der Waals surface area (Å²) in [6.45, 7) is 11.0. The molecule has 0 saturated carbocycles. The highest BCUT2D eigenvalue weighted by atomic mass is 35.5. The number of anilines is 1. The van der Waals surface area contributed by atoms with Gasteiger partial charge in [-0.25, -0.2) is 0 Å². The van der Waals surface area contributed by atoms with Crippen LogP contribution >= 0.6 is 23.4 Å². The molecule has 9 heteroatoms. The molecule has 0 radical (unpaired) electrons. The van der Waals surface area contributed by atoms with Crippen LogP contribution < -0.4 is 4.90 Å². The van der Waals surface area contributed by atoms with Crippen molar-refractivity contribution in [1.29, 1.82) is 0 Å². The SMILES string of the molecule is C=CCN(C)C(=O)[C@@H]1[C@H]2C(=O)N(CCCCCCO)C(C(=O)N(CC=C)c3ccccc3Cl)C23S[C@@H]1CC3C. The maximum Gasteiger partial charge on any atom is 0.251 e. The van der Waals surface area contributed by atoms with E-state index in [9.17, 15) is 19.5 Å².